The predicted octanol–water partition coefficient (Wildman–Crippen LogP) is 2.39. The highest BCUT2D eigenvalue weighted by Crippen LogP contribution is 2.28. The van der Waals surface area contributed by atoms with Crippen LogP contribution >= 0.6 is 11.3 Å². The number of aromatic nitrogens is 2. The molecular weight excluding hydrogens is 314 g/mol. The number of benzene rings is 1. The Labute approximate surface area is 135 Å². The van der Waals surface area contributed by atoms with E-state index in [2.05, 4.69) is 4.98 Å². The molecule has 0 aliphatic rings. The quantitative estimate of drug-likeness (QED) is 0.533. The number of rotatable bonds is 2. The third-order valence-electron chi connectivity index (χ3n) is 3.39. The van der Waals surface area contributed by atoms with Crippen molar-refractivity contribution in [3.05, 3.63) is 57.0 Å². The van der Waals surface area contributed by atoms with Crippen LogP contribution in [0.4, 0.5) is 0 Å². The molecule has 3 aromatic rings. The molecule has 0 atom stereocenters. The summed E-state index contributed by atoms with van der Waals surface area (Å²) in [4.78, 5) is 29.5. The third-order valence-corrected chi connectivity index (χ3v) is 4.57. The number of hydrogen-bond donors (Lipinski definition) is 0. The van der Waals surface area contributed by atoms with Crippen LogP contribution in [-0.4, -0.2) is 15.5 Å². The Kier molecular flexibility index (Phi) is 3.68. The van der Waals surface area contributed by atoms with Gasteiger partial charge in [0.05, 0.1) is 23.3 Å². The lowest BCUT2D eigenvalue weighted by atomic mass is 10.2. The number of nitriles is 1. The SMILES string of the molecule is Cc1c(C(=O)Oc2ccc(C#N)cc2)sc2ncn(C)c(=O)c12. The summed E-state index contributed by atoms with van der Waals surface area (Å²) in [6.45, 7) is 1.71. The minimum atomic E-state index is -0.544. The summed E-state index contributed by atoms with van der Waals surface area (Å²) in [5, 5.41) is 9.20. The Balaban J connectivity index is 1.98. The first kappa shape index (κ1) is 14.9. The summed E-state index contributed by atoms with van der Waals surface area (Å²) in [5.74, 6) is -0.205. The molecule has 0 saturated carbocycles. The Bertz CT molecular complexity index is 1010. The molecule has 0 radical (unpaired) electrons. The number of nitrogens with zero attached hydrogens (tertiary/aromatic N) is 3. The number of esters is 1. The van der Waals surface area contributed by atoms with Gasteiger partial charge in [-0.3, -0.25) is 4.79 Å². The molecule has 0 saturated heterocycles. The molecule has 0 amide bonds. The van der Waals surface area contributed by atoms with Gasteiger partial charge in [0, 0.05) is 7.05 Å². The second-order valence-electron chi connectivity index (χ2n) is 4.92. The van der Waals surface area contributed by atoms with E-state index in [4.69, 9.17) is 10.00 Å². The Morgan fingerprint density at radius 3 is 2.70 bits per heavy atom. The highest BCUT2D eigenvalue weighted by Gasteiger charge is 2.20. The normalized spacial score (nSPS) is 10.5. The summed E-state index contributed by atoms with van der Waals surface area (Å²) in [5.41, 5.74) is 0.856. The molecule has 1 aromatic carbocycles. The minimum Gasteiger partial charge on any atom is -0.422 e. The Hall–Kier alpha value is -2.98. The number of fused-ring (bicyclic) bond motifs is 1. The molecule has 2 aromatic heterocycles. The van der Waals surface area contributed by atoms with Crippen molar-refractivity contribution in [3.63, 3.8) is 0 Å². The summed E-state index contributed by atoms with van der Waals surface area (Å²) in [6, 6.07) is 8.23. The first-order chi connectivity index (χ1) is 11.0. The maximum Gasteiger partial charge on any atom is 0.354 e. The summed E-state index contributed by atoms with van der Waals surface area (Å²) >= 11 is 1.13. The van der Waals surface area contributed by atoms with E-state index in [0.717, 1.165) is 11.3 Å². The van der Waals surface area contributed by atoms with Gasteiger partial charge in [-0.05, 0) is 36.8 Å². The lowest BCUT2D eigenvalue weighted by molar-refractivity contribution is 0.0739. The Morgan fingerprint density at radius 2 is 2.04 bits per heavy atom. The van der Waals surface area contributed by atoms with E-state index in [1.807, 2.05) is 6.07 Å². The zero-order valence-electron chi connectivity index (χ0n) is 12.4. The number of aryl methyl sites for hydroxylation is 2. The van der Waals surface area contributed by atoms with E-state index in [-0.39, 0.29) is 5.56 Å². The van der Waals surface area contributed by atoms with Crippen LogP contribution in [0.25, 0.3) is 10.2 Å². The van der Waals surface area contributed by atoms with Gasteiger partial charge in [0.2, 0.25) is 0 Å². The minimum absolute atomic E-state index is 0.193. The van der Waals surface area contributed by atoms with E-state index in [0.29, 0.717) is 32.0 Å². The van der Waals surface area contributed by atoms with Crippen LogP contribution in [0.15, 0.2) is 35.4 Å². The van der Waals surface area contributed by atoms with Gasteiger partial charge in [-0.15, -0.1) is 11.3 Å². The van der Waals surface area contributed by atoms with E-state index in [1.165, 1.54) is 10.9 Å². The first-order valence-electron chi connectivity index (χ1n) is 6.68. The van der Waals surface area contributed by atoms with Gasteiger partial charge in [0.15, 0.2) is 0 Å². The van der Waals surface area contributed by atoms with Crippen molar-refractivity contribution in [2.75, 3.05) is 0 Å². The molecule has 23 heavy (non-hydrogen) atoms. The van der Waals surface area contributed by atoms with Gasteiger partial charge in [-0.2, -0.15) is 5.26 Å². The largest absolute Gasteiger partial charge is 0.422 e. The molecule has 0 N–H and O–H groups in total. The van der Waals surface area contributed by atoms with Gasteiger partial charge in [-0.25, -0.2) is 9.78 Å². The van der Waals surface area contributed by atoms with Gasteiger partial charge < -0.3 is 9.30 Å². The molecule has 114 valence electrons. The van der Waals surface area contributed by atoms with Crippen molar-refractivity contribution in [1.82, 2.24) is 9.55 Å². The van der Waals surface area contributed by atoms with Crippen molar-refractivity contribution in [1.29, 1.82) is 5.26 Å². The van der Waals surface area contributed by atoms with Crippen LogP contribution < -0.4 is 10.3 Å². The van der Waals surface area contributed by atoms with Gasteiger partial charge in [0.1, 0.15) is 15.5 Å². The first-order valence-corrected chi connectivity index (χ1v) is 7.50. The maximum absolute atomic E-state index is 12.3. The van der Waals surface area contributed by atoms with Crippen molar-refractivity contribution in [2.45, 2.75) is 6.92 Å². The number of thiophene rings is 1. The van der Waals surface area contributed by atoms with Crippen molar-refractivity contribution >= 4 is 27.5 Å². The van der Waals surface area contributed by atoms with Crippen LogP contribution in [0, 0.1) is 18.3 Å². The molecule has 0 bridgehead atoms. The Morgan fingerprint density at radius 1 is 1.35 bits per heavy atom. The molecule has 6 nitrogen and oxygen atoms in total. The monoisotopic (exact) mass is 325 g/mol. The second-order valence-corrected chi connectivity index (χ2v) is 5.92. The van der Waals surface area contributed by atoms with Crippen LogP contribution in [0.5, 0.6) is 5.75 Å². The number of ether oxygens (including phenoxy) is 1. The molecule has 0 spiro atoms. The lowest BCUT2D eigenvalue weighted by Crippen LogP contribution is -2.17. The second kappa shape index (κ2) is 5.66. The summed E-state index contributed by atoms with van der Waals surface area (Å²) < 4.78 is 6.68. The fourth-order valence-electron chi connectivity index (χ4n) is 2.15. The van der Waals surface area contributed by atoms with E-state index in [9.17, 15) is 9.59 Å². The van der Waals surface area contributed by atoms with Crippen molar-refractivity contribution in [2.24, 2.45) is 7.05 Å². The fourth-order valence-corrected chi connectivity index (χ4v) is 3.17. The fraction of sp³-hybridized carbons (Fsp3) is 0.125. The molecule has 0 unspecified atom stereocenters. The zero-order valence-corrected chi connectivity index (χ0v) is 13.2. The maximum atomic E-state index is 12.3. The summed E-state index contributed by atoms with van der Waals surface area (Å²) in [6.07, 6.45) is 1.43. The molecule has 0 aliphatic heterocycles. The molecule has 3 rings (SSSR count). The predicted molar refractivity (Wildman–Crippen MR) is 85.7 cm³/mol. The molecule has 0 fully saturated rings. The van der Waals surface area contributed by atoms with Gasteiger partial charge in [0.25, 0.3) is 5.56 Å². The summed E-state index contributed by atoms with van der Waals surface area (Å²) in [7, 11) is 1.61. The van der Waals surface area contributed by atoms with E-state index >= 15 is 0 Å². The molecule has 2 heterocycles. The van der Waals surface area contributed by atoms with Crippen molar-refractivity contribution < 1.29 is 9.53 Å². The molecular formula is C16H11N3O3S. The average molecular weight is 325 g/mol. The average Bonchev–Trinajstić information content (AvgIpc) is 2.89. The number of carbonyl (C=O) groups is 1. The molecule has 0 aliphatic carbocycles. The highest BCUT2D eigenvalue weighted by molar-refractivity contribution is 7.20. The molecule has 7 heteroatoms. The lowest BCUT2D eigenvalue weighted by Gasteiger charge is -2.03. The number of carbonyl (C=O) groups excluding carboxylic acids is 1. The smallest absolute Gasteiger partial charge is 0.354 e. The highest BCUT2D eigenvalue weighted by atomic mass is 32.1. The third kappa shape index (κ3) is 2.60. The van der Waals surface area contributed by atoms with Crippen LogP contribution in [0.1, 0.15) is 20.8 Å². The van der Waals surface area contributed by atoms with Crippen molar-refractivity contribution in [3.8, 4) is 11.8 Å². The van der Waals surface area contributed by atoms with Gasteiger partial charge in [-0.1, -0.05) is 0 Å². The number of hydrogen-bond acceptors (Lipinski definition) is 6. The van der Waals surface area contributed by atoms with Crippen LogP contribution in [0.2, 0.25) is 0 Å². The standard InChI is InChI=1S/C16H11N3O3S/c1-9-12-14(18-8-19(2)15(12)20)23-13(9)16(21)22-11-5-3-10(7-17)4-6-11/h3-6,8H,1-2H3. The topological polar surface area (TPSA) is 85.0 Å². The van der Waals surface area contributed by atoms with Gasteiger partial charge >= 0.3 is 5.97 Å². The van der Waals surface area contributed by atoms with Crippen LogP contribution in [0.3, 0.4) is 0 Å². The van der Waals surface area contributed by atoms with E-state index < -0.39 is 5.97 Å². The van der Waals surface area contributed by atoms with Crippen LogP contribution in [-0.2, 0) is 7.05 Å². The van der Waals surface area contributed by atoms with E-state index in [1.54, 1.807) is 38.2 Å². The zero-order chi connectivity index (χ0) is 16.6.